The Hall–Kier alpha value is -0.0600. The first-order chi connectivity index (χ1) is 6.18. The molecule has 0 aliphatic rings. The number of nitrogens with zero attached hydrogens (tertiary/aromatic N) is 1. The van der Waals surface area contributed by atoms with Crippen LogP contribution in [0.5, 0.6) is 0 Å². The van der Waals surface area contributed by atoms with Crippen LogP contribution in [0.15, 0.2) is 15.9 Å². The van der Waals surface area contributed by atoms with Gasteiger partial charge in [0.05, 0.1) is 0 Å². The van der Waals surface area contributed by atoms with Gasteiger partial charge in [-0.15, -0.1) is 11.3 Å². The second-order valence-corrected chi connectivity index (χ2v) is 5.87. The summed E-state index contributed by atoms with van der Waals surface area (Å²) in [5.41, 5.74) is 0. The molecule has 0 saturated heterocycles. The first-order valence-electron chi connectivity index (χ1n) is 4.48. The first kappa shape index (κ1) is 11.0. The predicted molar refractivity (Wildman–Crippen MR) is 60.6 cm³/mol. The molecule has 0 fully saturated rings. The molecule has 1 unspecified atom stereocenters. The van der Waals surface area contributed by atoms with E-state index in [0.717, 1.165) is 10.9 Å². The Morgan fingerprint density at radius 2 is 2.31 bits per heavy atom. The summed E-state index contributed by atoms with van der Waals surface area (Å²) in [4.78, 5) is 4.24. The minimum atomic E-state index is 0.569. The largest absolute Gasteiger partial charge is 0.313 e. The van der Waals surface area contributed by atoms with Crippen molar-refractivity contribution < 1.29 is 0 Å². The van der Waals surface area contributed by atoms with Gasteiger partial charge in [0.25, 0.3) is 0 Å². The van der Waals surface area contributed by atoms with Gasteiger partial charge >= 0.3 is 0 Å². The Labute approximate surface area is 88.2 Å². The molecule has 1 aromatic heterocycles. The molecule has 74 valence electrons. The number of hydrogen-bond acceptors (Lipinski definition) is 4. The fraction of sp³-hybridized carbons (Fsp3) is 0.667. The molecule has 0 bridgehead atoms. The zero-order chi connectivity index (χ0) is 9.68. The maximum absolute atomic E-state index is 4.24. The van der Waals surface area contributed by atoms with Crippen LogP contribution in [0.4, 0.5) is 0 Å². The van der Waals surface area contributed by atoms with Crippen LogP contribution in [-0.4, -0.2) is 22.8 Å². The van der Waals surface area contributed by atoms with Crippen molar-refractivity contribution in [3.8, 4) is 0 Å². The smallest absolute Gasteiger partial charge is 0.150 e. The third-order valence-electron chi connectivity index (χ3n) is 1.53. The van der Waals surface area contributed by atoms with Crippen LogP contribution in [0.1, 0.15) is 20.8 Å². The Morgan fingerprint density at radius 1 is 1.54 bits per heavy atom. The molecule has 2 nitrogen and oxygen atoms in total. The highest BCUT2D eigenvalue weighted by Gasteiger charge is 2.06. The van der Waals surface area contributed by atoms with Crippen LogP contribution in [0.25, 0.3) is 0 Å². The standard InChI is InChI=1S/C9H16N2S2/c1-7(2)11-6-8(3)13-9-10-4-5-12-9/h4-5,7-8,11H,6H2,1-3H3. The summed E-state index contributed by atoms with van der Waals surface area (Å²) < 4.78 is 1.16. The monoisotopic (exact) mass is 216 g/mol. The molecule has 13 heavy (non-hydrogen) atoms. The van der Waals surface area contributed by atoms with Crippen LogP contribution in [0.2, 0.25) is 0 Å². The summed E-state index contributed by atoms with van der Waals surface area (Å²) in [6.45, 7) is 7.60. The molecular weight excluding hydrogens is 200 g/mol. The van der Waals surface area contributed by atoms with E-state index in [4.69, 9.17) is 0 Å². The number of nitrogens with one attached hydrogen (secondary N) is 1. The SMILES string of the molecule is CC(C)NCC(C)Sc1nccs1. The van der Waals surface area contributed by atoms with Gasteiger partial charge in [-0.05, 0) is 0 Å². The highest BCUT2D eigenvalue weighted by atomic mass is 32.2. The van der Waals surface area contributed by atoms with Gasteiger partial charge in [0, 0.05) is 29.4 Å². The molecule has 0 amide bonds. The van der Waals surface area contributed by atoms with Crippen molar-refractivity contribution in [3.05, 3.63) is 11.6 Å². The quantitative estimate of drug-likeness (QED) is 0.766. The molecule has 0 aliphatic heterocycles. The second kappa shape index (κ2) is 5.62. The lowest BCUT2D eigenvalue weighted by atomic mass is 10.3. The summed E-state index contributed by atoms with van der Waals surface area (Å²) in [6, 6.07) is 0.569. The van der Waals surface area contributed by atoms with Gasteiger partial charge in [-0.25, -0.2) is 4.98 Å². The summed E-state index contributed by atoms with van der Waals surface area (Å²) in [5.74, 6) is 0. The van der Waals surface area contributed by atoms with Crippen molar-refractivity contribution in [3.63, 3.8) is 0 Å². The van der Waals surface area contributed by atoms with E-state index in [-0.39, 0.29) is 0 Å². The van der Waals surface area contributed by atoms with E-state index in [1.54, 1.807) is 11.3 Å². The third kappa shape index (κ3) is 4.64. The lowest BCUT2D eigenvalue weighted by molar-refractivity contribution is 0.589. The zero-order valence-electron chi connectivity index (χ0n) is 8.28. The molecule has 1 heterocycles. The van der Waals surface area contributed by atoms with E-state index in [1.807, 2.05) is 23.3 Å². The maximum atomic E-state index is 4.24. The van der Waals surface area contributed by atoms with Crippen LogP contribution in [-0.2, 0) is 0 Å². The van der Waals surface area contributed by atoms with Gasteiger partial charge in [0.15, 0.2) is 0 Å². The molecule has 0 saturated carbocycles. The van der Waals surface area contributed by atoms with Gasteiger partial charge < -0.3 is 5.32 Å². The molecule has 0 aromatic carbocycles. The van der Waals surface area contributed by atoms with E-state index in [2.05, 4.69) is 31.1 Å². The van der Waals surface area contributed by atoms with Gasteiger partial charge in [-0.1, -0.05) is 32.5 Å². The number of thiazole rings is 1. The van der Waals surface area contributed by atoms with Crippen molar-refractivity contribution in [2.75, 3.05) is 6.54 Å². The number of thioether (sulfide) groups is 1. The van der Waals surface area contributed by atoms with E-state index in [0.29, 0.717) is 11.3 Å². The Kier molecular flexibility index (Phi) is 4.77. The van der Waals surface area contributed by atoms with Gasteiger partial charge in [0.1, 0.15) is 4.34 Å². The lowest BCUT2D eigenvalue weighted by Crippen LogP contribution is -2.28. The van der Waals surface area contributed by atoms with Gasteiger partial charge in [0.2, 0.25) is 0 Å². The highest BCUT2D eigenvalue weighted by molar-refractivity contribution is 8.01. The topological polar surface area (TPSA) is 24.9 Å². The minimum absolute atomic E-state index is 0.569. The van der Waals surface area contributed by atoms with E-state index < -0.39 is 0 Å². The third-order valence-corrected chi connectivity index (χ3v) is 3.54. The number of aromatic nitrogens is 1. The predicted octanol–water partition coefficient (Wildman–Crippen LogP) is 2.62. The van der Waals surface area contributed by atoms with E-state index in [1.165, 1.54) is 0 Å². The van der Waals surface area contributed by atoms with Gasteiger partial charge in [-0.3, -0.25) is 0 Å². The molecule has 0 radical (unpaired) electrons. The Morgan fingerprint density at radius 3 is 2.85 bits per heavy atom. The molecule has 1 rings (SSSR count). The van der Waals surface area contributed by atoms with Crippen molar-refractivity contribution in [1.82, 2.24) is 10.3 Å². The molecule has 4 heteroatoms. The molecule has 0 aliphatic carbocycles. The number of hydrogen-bond donors (Lipinski definition) is 1. The van der Waals surface area contributed by atoms with Crippen molar-refractivity contribution in [1.29, 1.82) is 0 Å². The summed E-state index contributed by atoms with van der Waals surface area (Å²) in [7, 11) is 0. The molecule has 1 aromatic rings. The molecule has 1 atom stereocenters. The van der Waals surface area contributed by atoms with Crippen LogP contribution in [0.3, 0.4) is 0 Å². The van der Waals surface area contributed by atoms with Crippen LogP contribution in [0, 0.1) is 0 Å². The minimum Gasteiger partial charge on any atom is -0.313 e. The highest BCUT2D eigenvalue weighted by Crippen LogP contribution is 2.24. The molecule has 0 spiro atoms. The van der Waals surface area contributed by atoms with Crippen molar-refractivity contribution >= 4 is 23.1 Å². The average Bonchev–Trinajstić information content (AvgIpc) is 2.53. The van der Waals surface area contributed by atoms with E-state index in [9.17, 15) is 0 Å². The Bertz CT molecular complexity index is 222. The van der Waals surface area contributed by atoms with Crippen LogP contribution >= 0.6 is 23.1 Å². The van der Waals surface area contributed by atoms with Gasteiger partial charge in [-0.2, -0.15) is 0 Å². The molecular formula is C9H16N2S2. The summed E-state index contributed by atoms with van der Waals surface area (Å²) >= 11 is 3.55. The van der Waals surface area contributed by atoms with E-state index >= 15 is 0 Å². The average molecular weight is 216 g/mol. The zero-order valence-corrected chi connectivity index (χ0v) is 9.91. The Balaban J connectivity index is 2.22. The number of rotatable bonds is 5. The summed E-state index contributed by atoms with van der Waals surface area (Å²) in [6.07, 6.45) is 1.86. The first-order valence-corrected chi connectivity index (χ1v) is 6.24. The van der Waals surface area contributed by atoms with Crippen molar-refractivity contribution in [2.24, 2.45) is 0 Å². The van der Waals surface area contributed by atoms with Crippen molar-refractivity contribution in [2.45, 2.75) is 36.4 Å². The fourth-order valence-corrected chi connectivity index (χ4v) is 2.77. The molecule has 1 N–H and O–H groups in total. The van der Waals surface area contributed by atoms with Crippen LogP contribution < -0.4 is 5.32 Å². The summed E-state index contributed by atoms with van der Waals surface area (Å²) in [5, 5.41) is 6.02. The maximum Gasteiger partial charge on any atom is 0.150 e. The fourth-order valence-electron chi connectivity index (χ4n) is 0.884. The second-order valence-electron chi connectivity index (χ2n) is 3.29. The lowest BCUT2D eigenvalue weighted by Gasteiger charge is -2.12. The normalized spacial score (nSPS) is 13.5.